The van der Waals surface area contributed by atoms with Crippen LogP contribution in [0.25, 0.3) is 22.8 Å². The van der Waals surface area contributed by atoms with E-state index in [0.29, 0.717) is 0 Å². The zero-order chi connectivity index (χ0) is 14.8. The molecule has 7 heteroatoms. The molecule has 0 N–H and O–H groups in total. The lowest BCUT2D eigenvalue weighted by Crippen LogP contribution is -2.03. The molecule has 0 radical (unpaired) electrons. The van der Waals surface area contributed by atoms with Gasteiger partial charge in [-0.05, 0) is 24.3 Å². The standard InChI is InChI=1S/C14H7F3N4/c15-9-5-2-1-4-8(9)13-18-20-14(21-19-13)12-10(16)6-3-7-11(12)17/h1-7H. The normalized spacial score (nSPS) is 10.6. The van der Waals surface area contributed by atoms with E-state index < -0.39 is 23.0 Å². The molecule has 1 heterocycles. The summed E-state index contributed by atoms with van der Waals surface area (Å²) >= 11 is 0. The summed E-state index contributed by atoms with van der Waals surface area (Å²) in [5, 5.41) is 14.6. The maximum atomic E-state index is 13.6. The van der Waals surface area contributed by atoms with Gasteiger partial charge in [-0.1, -0.05) is 18.2 Å². The van der Waals surface area contributed by atoms with Crippen molar-refractivity contribution in [3.05, 3.63) is 59.9 Å². The van der Waals surface area contributed by atoms with Crippen LogP contribution in [-0.2, 0) is 0 Å². The third-order valence-electron chi connectivity index (χ3n) is 2.78. The van der Waals surface area contributed by atoms with Crippen LogP contribution < -0.4 is 0 Å². The van der Waals surface area contributed by atoms with Crippen LogP contribution >= 0.6 is 0 Å². The molecule has 0 unspecified atom stereocenters. The highest BCUT2D eigenvalue weighted by molar-refractivity contribution is 5.58. The zero-order valence-electron chi connectivity index (χ0n) is 10.5. The predicted octanol–water partition coefficient (Wildman–Crippen LogP) is 3.02. The van der Waals surface area contributed by atoms with Crippen molar-refractivity contribution in [2.75, 3.05) is 0 Å². The van der Waals surface area contributed by atoms with Gasteiger partial charge in [0, 0.05) is 0 Å². The molecule has 3 aromatic rings. The Bertz CT molecular complexity index is 770. The van der Waals surface area contributed by atoms with Crippen molar-refractivity contribution in [1.82, 2.24) is 20.4 Å². The maximum Gasteiger partial charge on any atom is 0.209 e. The summed E-state index contributed by atoms with van der Waals surface area (Å²) in [6, 6.07) is 9.19. The molecule has 0 amide bonds. The van der Waals surface area contributed by atoms with Gasteiger partial charge in [0.05, 0.1) is 11.1 Å². The van der Waals surface area contributed by atoms with Gasteiger partial charge in [-0.3, -0.25) is 0 Å². The van der Waals surface area contributed by atoms with E-state index in [1.807, 2.05) is 0 Å². The van der Waals surface area contributed by atoms with E-state index in [-0.39, 0.29) is 17.2 Å². The summed E-state index contributed by atoms with van der Waals surface area (Å²) < 4.78 is 40.7. The highest BCUT2D eigenvalue weighted by Crippen LogP contribution is 2.22. The highest BCUT2D eigenvalue weighted by atomic mass is 19.1. The summed E-state index contributed by atoms with van der Waals surface area (Å²) in [7, 11) is 0. The number of benzene rings is 2. The van der Waals surface area contributed by atoms with Gasteiger partial charge in [0.25, 0.3) is 0 Å². The summed E-state index contributed by atoms with van der Waals surface area (Å²) in [6.45, 7) is 0. The molecule has 2 aromatic carbocycles. The fourth-order valence-corrected chi connectivity index (χ4v) is 1.79. The van der Waals surface area contributed by atoms with Crippen molar-refractivity contribution in [2.45, 2.75) is 0 Å². The van der Waals surface area contributed by atoms with Crippen molar-refractivity contribution in [1.29, 1.82) is 0 Å². The Kier molecular flexibility index (Phi) is 3.31. The molecule has 0 spiro atoms. The minimum atomic E-state index is -0.822. The highest BCUT2D eigenvalue weighted by Gasteiger charge is 2.16. The van der Waals surface area contributed by atoms with Crippen molar-refractivity contribution < 1.29 is 13.2 Å². The summed E-state index contributed by atoms with van der Waals surface area (Å²) in [6.07, 6.45) is 0. The Morgan fingerprint density at radius 3 is 1.71 bits per heavy atom. The lowest BCUT2D eigenvalue weighted by molar-refractivity contribution is 0.585. The predicted molar refractivity (Wildman–Crippen MR) is 68.4 cm³/mol. The molecular weight excluding hydrogens is 281 g/mol. The van der Waals surface area contributed by atoms with Gasteiger partial charge < -0.3 is 0 Å². The minimum Gasteiger partial charge on any atom is -0.206 e. The van der Waals surface area contributed by atoms with Crippen LogP contribution in [0.15, 0.2) is 42.5 Å². The number of aromatic nitrogens is 4. The van der Waals surface area contributed by atoms with Crippen LogP contribution in [0, 0.1) is 17.5 Å². The molecule has 0 saturated carbocycles. The third kappa shape index (κ3) is 2.45. The fraction of sp³-hybridized carbons (Fsp3) is 0. The maximum absolute atomic E-state index is 13.6. The minimum absolute atomic E-state index is 0.0615. The first-order chi connectivity index (χ1) is 10.2. The Morgan fingerprint density at radius 1 is 0.571 bits per heavy atom. The van der Waals surface area contributed by atoms with Crippen molar-refractivity contribution in [2.24, 2.45) is 0 Å². The molecule has 0 aliphatic heterocycles. The van der Waals surface area contributed by atoms with E-state index in [4.69, 9.17) is 0 Å². The number of nitrogens with zero attached hydrogens (tertiary/aromatic N) is 4. The van der Waals surface area contributed by atoms with Gasteiger partial charge in [-0.15, -0.1) is 20.4 Å². The van der Waals surface area contributed by atoms with Crippen molar-refractivity contribution in [3.8, 4) is 22.8 Å². The molecule has 3 rings (SSSR count). The number of halogens is 3. The molecule has 21 heavy (non-hydrogen) atoms. The number of hydrogen-bond donors (Lipinski definition) is 0. The van der Waals surface area contributed by atoms with E-state index in [0.717, 1.165) is 12.1 Å². The van der Waals surface area contributed by atoms with E-state index in [2.05, 4.69) is 20.4 Å². The third-order valence-corrected chi connectivity index (χ3v) is 2.78. The van der Waals surface area contributed by atoms with Gasteiger partial charge in [-0.2, -0.15) is 0 Å². The van der Waals surface area contributed by atoms with Crippen LogP contribution in [-0.4, -0.2) is 20.4 Å². The fourth-order valence-electron chi connectivity index (χ4n) is 1.79. The first-order valence-corrected chi connectivity index (χ1v) is 5.93. The zero-order valence-corrected chi connectivity index (χ0v) is 10.5. The molecule has 0 saturated heterocycles. The molecular formula is C14H7F3N4. The van der Waals surface area contributed by atoms with Crippen LogP contribution in [0.2, 0.25) is 0 Å². The van der Waals surface area contributed by atoms with Gasteiger partial charge in [0.2, 0.25) is 11.6 Å². The summed E-state index contributed by atoms with van der Waals surface area (Å²) in [4.78, 5) is 0. The topological polar surface area (TPSA) is 51.6 Å². The van der Waals surface area contributed by atoms with Crippen molar-refractivity contribution in [3.63, 3.8) is 0 Å². The van der Waals surface area contributed by atoms with E-state index in [1.165, 1.54) is 24.3 Å². The second-order valence-electron chi connectivity index (χ2n) is 4.12. The Labute approximate surface area is 117 Å². The van der Waals surface area contributed by atoms with E-state index in [9.17, 15) is 13.2 Å². The molecule has 104 valence electrons. The lowest BCUT2D eigenvalue weighted by Gasteiger charge is -2.03. The Hall–Kier alpha value is -2.83. The van der Waals surface area contributed by atoms with Gasteiger partial charge in [-0.25, -0.2) is 13.2 Å². The molecule has 0 aliphatic rings. The van der Waals surface area contributed by atoms with E-state index in [1.54, 1.807) is 6.07 Å². The lowest BCUT2D eigenvalue weighted by atomic mass is 10.2. The quantitative estimate of drug-likeness (QED) is 0.727. The van der Waals surface area contributed by atoms with Crippen molar-refractivity contribution >= 4 is 0 Å². The first-order valence-electron chi connectivity index (χ1n) is 5.93. The average molecular weight is 288 g/mol. The van der Waals surface area contributed by atoms with Gasteiger partial charge in [0.1, 0.15) is 17.5 Å². The average Bonchev–Trinajstić information content (AvgIpc) is 2.48. The van der Waals surface area contributed by atoms with Crippen LogP contribution in [0.1, 0.15) is 0 Å². The number of rotatable bonds is 2. The molecule has 0 aliphatic carbocycles. The van der Waals surface area contributed by atoms with Gasteiger partial charge in [0.15, 0.2) is 0 Å². The second-order valence-corrected chi connectivity index (χ2v) is 4.12. The summed E-state index contributed by atoms with van der Waals surface area (Å²) in [5.74, 6) is -2.54. The van der Waals surface area contributed by atoms with E-state index >= 15 is 0 Å². The molecule has 0 bridgehead atoms. The largest absolute Gasteiger partial charge is 0.209 e. The Morgan fingerprint density at radius 2 is 1.10 bits per heavy atom. The molecule has 1 aromatic heterocycles. The Balaban J connectivity index is 2.04. The monoisotopic (exact) mass is 288 g/mol. The molecule has 4 nitrogen and oxygen atoms in total. The number of hydrogen-bond acceptors (Lipinski definition) is 4. The molecule has 0 atom stereocenters. The van der Waals surface area contributed by atoms with Crippen LogP contribution in [0.5, 0.6) is 0 Å². The van der Waals surface area contributed by atoms with Crippen LogP contribution in [0.3, 0.4) is 0 Å². The summed E-state index contributed by atoms with van der Waals surface area (Å²) in [5.41, 5.74) is -0.310. The SMILES string of the molecule is Fc1ccccc1-c1nnc(-c2c(F)cccc2F)nn1. The van der Waals surface area contributed by atoms with Crippen LogP contribution in [0.4, 0.5) is 13.2 Å². The smallest absolute Gasteiger partial charge is 0.206 e. The second kappa shape index (κ2) is 5.28. The molecule has 0 fully saturated rings. The van der Waals surface area contributed by atoms with Gasteiger partial charge >= 0.3 is 0 Å². The first kappa shape index (κ1) is 13.2.